The van der Waals surface area contributed by atoms with E-state index in [0.29, 0.717) is 19.4 Å². The van der Waals surface area contributed by atoms with Gasteiger partial charge < -0.3 is 14.6 Å². The first-order chi connectivity index (χ1) is 10.1. The van der Waals surface area contributed by atoms with Crippen molar-refractivity contribution in [2.24, 2.45) is 5.92 Å². The second-order valence-electron chi connectivity index (χ2n) is 7.14. The van der Waals surface area contributed by atoms with Crippen LogP contribution in [0.25, 0.3) is 0 Å². The number of carbonyl (C=O) groups is 1. The first-order valence-electron chi connectivity index (χ1n) is 8.62. The minimum atomic E-state index is -1.06. The predicted octanol–water partition coefficient (Wildman–Crippen LogP) is 2.62. The second-order valence-corrected chi connectivity index (χ2v) is 7.14. The van der Waals surface area contributed by atoms with Gasteiger partial charge in [-0.3, -0.25) is 4.79 Å². The maximum absolute atomic E-state index is 12.9. The van der Waals surface area contributed by atoms with Crippen molar-refractivity contribution in [3.05, 3.63) is 0 Å². The van der Waals surface area contributed by atoms with Crippen LogP contribution in [0.2, 0.25) is 0 Å². The first kappa shape index (κ1) is 15.4. The Morgan fingerprint density at radius 2 is 1.62 bits per heavy atom. The Morgan fingerprint density at radius 3 is 2.29 bits per heavy atom. The molecule has 3 rings (SSSR count). The highest BCUT2D eigenvalue weighted by molar-refractivity contribution is 5.89. The summed E-state index contributed by atoms with van der Waals surface area (Å²) in [6.07, 6.45) is 8.86. The highest BCUT2D eigenvalue weighted by Gasteiger charge is 2.46. The monoisotopic (exact) mass is 296 g/mol. The summed E-state index contributed by atoms with van der Waals surface area (Å²) in [5, 5.41) is 10.8. The Balaban J connectivity index is 1.68. The van der Waals surface area contributed by atoms with Crippen molar-refractivity contribution in [2.75, 3.05) is 19.8 Å². The Hall–Kier alpha value is -0.450. The topological polar surface area (TPSA) is 55.8 Å². The highest BCUT2D eigenvalue weighted by atomic mass is 16.5. The van der Waals surface area contributed by atoms with Gasteiger partial charge >= 0.3 is 0 Å². The average Bonchev–Trinajstić information content (AvgIpc) is 2.73. The van der Waals surface area contributed by atoms with E-state index >= 15 is 0 Å². The van der Waals surface area contributed by atoms with Gasteiger partial charge in [-0.2, -0.15) is 0 Å². The molecule has 2 heterocycles. The smallest absolute Gasteiger partial charge is 0.167 e. The summed E-state index contributed by atoms with van der Waals surface area (Å²) >= 11 is 0. The summed E-state index contributed by atoms with van der Waals surface area (Å²) in [5.41, 5.74) is -1.23. The molecule has 3 fully saturated rings. The molecule has 21 heavy (non-hydrogen) atoms. The number of rotatable bonds is 2. The Kier molecular flexibility index (Phi) is 4.67. The minimum Gasteiger partial charge on any atom is -0.382 e. The van der Waals surface area contributed by atoms with Crippen molar-refractivity contribution in [3.63, 3.8) is 0 Å². The molecular weight excluding hydrogens is 268 g/mol. The van der Waals surface area contributed by atoms with Crippen molar-refractivity contribution >= 4 is 5.78 Å². The molecule has 0 radical (unpaired) electrons. The van der Waals surface area contributed by atoms with Gasteiger partial charge in [0.15, 0.2) is 5.78 Å². The van der Waals surface area contributed by atoms with E-state index in [2.05, 4.69) is 0 Å². The molecule has 2 saturated heterocycles. The van der Waals surface area contributed by atoms with E-state index in [1.165, 1.54) is 0 Å². The zero-order valence-electron chi connectivity index (χ0n) is 12.9. The van der Waals surface area contributed by atoms with Crippen LogP contribution in [0.15, 0.2) is 0 Å². The molecule has 0 bridgehead atoms. The fourth-order valence-corrected chi connectivity index (χ4v) is 4.28. The average molecular weight is 296 g/mol. The quantitative estimate of drug-likeness (QED) is 0.796. The summed E-state index contributed by atoms with van der Waals surface area (Å²) in [6.45, 7) is 2.10. The Bertz CT molecular complexity index is 359. The zero-order chi connectivity index (χ0) is 14.8. The van der Waals surface area contributed by atoms with Gasteiger partial charge in [-0.05, 0) is 38.5 Å². The molecule has 4 heteroatoms. The molecule has 1 spiro atoms. The summed E-state index contributed by atoms with van der Waals surface area (Å²) in [6, 6.07) is 0. The summed E-state index contributed by atoms with van der Waals surface area (Å²) in [5.74, 6) is 0.0681. The second kappa shape index (κ2) is 6.35. The molecule has 0 amide bonds. The fraction of sp³-hybridized carbons (Fsp3) is 0.941. The maximum Gasteiger partial charge on any atom is 0.167 e. The molecule has 3 aliphatic rings. The number of ether oxygens (including phenoxy) is 2. The lowest BCUT2D eigenvalue weighted by Gasteiger charge is -2.44. The lowest BCUT2D eigenvalue weighted by Crippen LogP contribution is -2.50. The molecule has 120 valence electrons. The fourth-order valence-electron chi connectivity index (χ4n) is 4.28. The predicted molar refractivity (Wildman–Crippen MR) is 79.1 cm³/mol. The van der Waals surface area contributed by atoms with Crippen molar-refractivity contribution < 1.29 is 19.4 Å². The first-order valence-corrected chi connectivity index (χ1v) is 8.62. The van der Waals surface area contributed by atoms with Gasteiger partial charge in [0.1, 0.15) is 5.60 Å². The van der Waals surface area contributed by atoms with Crippen LogP contribution in [0.4, 0.5) is 0 Å². The molecule has 0 aromatic rings. The van der Waals surface area contributed by atoms with Crippen LogP contribution in [-0.4, -0.2) is 41.9 Å². The molecule has 1 atom stereocenters. The van der Waals surface area contributed by atoms with Crippen molar-refractivity contribution in [2.45, 2.75) is 75.4 Å². The molecular formula is C17H28O4. The van der Waals surface area contributed by atoms with Crippen LogP contribution in [0.1, 0.15) is 64.2 Å². The van der Waals surface area contributed by atoms with Crippen LogP contribution in [0.5, 0.6) is 0 Å². The maximum atomic E-state index is 12.9. The largest absolute Gasteiger partial charge is 0.382 e. The molecule has 0 aromatic carbocycles. The Morgan fingerprint density at radius 1 is 0.952 bits per heavy atom. The SMILES string of the molecule is O=C(C1CCOC2(CCOCC2)C1)C1(O)CCCCCC1. The van der Waals surface area contributed by atoms with E-state index in [9.17, 15) is 9.90 Å². The third kappa shape index (κ3) is 3.33. The standard InChI is InChI=1S/C17H28O4/c18-15(17(19)6-3-1-2-4-7-17)14-5-10-21-16(13-14)8-11-20-12-9-16/h14,19H,1-13H2. The van der Waals surface area contributed by atoms with Crippen LogP contribution in [0, 0.1) is 5.92 Å². The lowest BCUT2D eigenvalue weighted by atomic mass is 9.74. The summed E-state index contributed by atoms with van der Waals surface area (Å²) in [7, 11) is 0. The van der Waals surface area contributed by atoms with Gasteiger partial charge in [0.25, 0.3) is 0 Å². The molecule has 1 unspecified atom stereocenters. The number of Topliss-reactive ketones (excluding diaryl/α,β-unsaturated/α-hetero) is 1. The van der Waals surface area contributed by atoms with Crippen LogP contribution < -0.4 is 0 Å². The van der Waals surface area contributed by atoms with Crippen molar-refractivity contribution in [1.82, 2.24) is 0 Å². The Labute approximate surface area is 127 Å². The third-order valence-electron chi connectivity index (χ3n) is 5.66. The van der Waals surface area contributed by atoms with Crippen LogP contribution >= 0.6 is 0 Å². The van der Waals surface area contributed by atoms with Gasteiger partial charge in [0, 0.05) is 25.7 Å². The lowest BCUT2D eigenvalue weighted by molar-refractivity contribution is -0.167. The van der Waals surface area contributed by atoms with Gasteiger partial charge in [0.2, 0.25) is 0 Å². The van der Waals surface area contributed by atoms with Crippen LogP contribution in [0.3, 0.4) is 0 Å². The molecule has 4 nitrogen and oxygen atoms in total. The van der Waals surface area contributed by atoms with Gasteiger partial charge in [0.05, 0.1) is 5.60 Å². The van der Waals surface area contributed by atoms with E-state index in [0.717, 1.165) is 64.6 Å². The number of hydrogen-bond donors (Lipinski definition) is 1. The number of aliphatic hydroxyl groups is 1. The molecule has 2 aliphatic heterocycles. The summed E-state index contributed by atoms with van der Waals surface area (Å²) in [4.78, 5) is 12.9. The molecule has 1 aliphatic carbocycles. The number of ketones is 1. The normalized spacial score (nSPS) is 32.5. The van der Waals surface area contributed by atoms with E-state index in [4.69, 9.17) is 9.47 Å². The van der Waals surface area contributed by atoms with E-state index < -0.39 is 5.60 Å². The van der Waals surface area contributed by atoms with E-state index in [1.807, 2.05) is 0 Å². The highest BCUT2D eigenvalue weighted by Crippen LogP contribution is 2.40. The van der Waals surface area contributed by atoms with E-state index in [1.54, 1.807) is 0 Å². The third-order valence-corrected chi connectivity index (χ3v) is 5.66. The summed E-state index contributed by atoms with van der Waals surface area (Å²) < 4.78 is 11.4. The minimum absolute atomic E-state index is 0.0278. The van der Waals surface area contributed by atoms with Gasteiger partial charge in [-0.25, -0.2) is 0 Å². The van der Waals surface area contributed by atoms with Gasteiger partial charge in [-0.15, -0.1) is 0 Å². The molecule has 1 N–H and O–H groups in total. The number of carbonyl (C=O) groups excluding carboxylic acids is 1. The van der Waals surface area contributed by atoms with Crippen molar-refractivity contribution in [3.8, 4) is 0 Å². The van der Waals surface area contributed by atoms with Crippen LogP contribution in [-0.2, 0) is 14.3 Å². The number of hydrogen-bond acceptors (Lipinski definition) is 4. The van der Waals surface area contributed by atoms with Gasteiger partial charge in [-0.1, -0.05) is 25.7 Å². The molecule has 0 aromatic heterocycles. The van der Waals surface area contributed by atoms with Crippen molar-refractivity contribution in [1.29, 1.82) is 0 Å². The molecule has 1 saturated carbocycles. The zero-order valence-corrected chi connectivity index (χ0v) is 12.9. The van der Waals surface area contributed by atoms with E-state index in [-0.39, 0.29) is 17.3 Å².